The summed E-state index contributed by atoms with van der Waals surface area (Å²) >= 11 is 5.93. The molecule has 3 nitrogen and oxygen atoms in total. The van der Waals surface area contributed by atoms with Gasteiger partial charge >= 0.3 is 0 Å². The van der Waals surface area contributed by atoms with Crippen LogP contribution in [0.2, 0.25) is 0 Å². The Hall–Kier alpha value is -1.44. The maximum absolute atomic E-state index is 13.0. The summed E-state index contributed by atoms with van der Waals surface area (Å²) in [5.74, 6) is 1.000. The summed E-state index contributed by atoms with van der Waals surface area (Å²) in [5, 5.41) is 3.85. The van der Waals surface area contributed by atoms with E-state index in [9.17, 15) is 4.57 Å². The van der Waals surface area contributed by atoms with E-state index in [-0.39, 0.29) is 0 Å². The summed E-state index contributed by atoms with van der Waals surface area (Å²) < 4.78 is 18.3. The minimum Gasteiger partial charge on any atom is -0.495 e. The van der Waals surface area contributed by atoms with E-state index in [1.54, 1.807) is 13.8 Å². The monoisotopic (exact) mass is 309 g/mol. The summed E-state index contributed by atoms with van der Waals surface area (Å²) in [6.45, 7) is 1.70. The molecule has 0 amide bonds. The van der Waals surface area contributed by atoms with E-state index in [4.69, 9.17) is 16.3 Å². The predicted octanol–water partition coefficient (Wildman–Crippen LogP) is 4.08. The number of rotatable bonds is 5. The van der Waals surface area contributed by atoms with E-state index in [2.05, 4.69) is 5.09 Å². The summed E-state index contributed by atoms with van der Waals surface area (Å²) in [6, 6.07) is 14.9. The van der Waals surface area contributed by atoms with Gasteiger partial charge in [-0.25, -0.2) is 0 Å². The van der Waals surface area contributed by atoms with Crippen LogP contribution in [0.15, 0.2) is 48.5 Å². The number of anilines is 1. The zero-order valence-electron chi connectivity index (χ0n) is 11.5. The summed E-state index contributed by atoms with van der Waals surface area (Å²) in [5.41, 5.74) is 1.59. The summed E-state index contributed by atoms with van der Waals surface area (Å²) in [4.78, 5) is 0. The second-order valence-electron chi connectivity index (χ2n) is 4.50. The minimum absolute atomic E-state index is 0.335. The van der Waals surface area contributed by atoms with Crippen LogP contribution in [0.1, 0.15) is 5.56 Å². The lowest BCUT2D eigenvalue weighted by atomic mass is 10.2. The molecule has 20 heavy (non-hydrogen) atoms. The highest BCUT2D eigenvalue weighted by atomic mass is 35.5. The van der Waals surface area contributed by atoms with Crippen molar-refractivity contribution in [3.63, 3.8) is 0 Å². The Morgan fingerprint density at radius 1 is 1.15 bits per heavy atom. The molecule has 0 radical (unpaired) electrons. The molecule has 2 aromatic rings. The first-order chi connectivity index (χ1) is 9.58. The Balaban J connectivity index is 2.38. The van der Waals surface area contributed by atoms with Crippen LogP contribution in [0.4, 0.5) is 5.69 Å². The van der Waals surface area contributed by atoms with Gasteiger partial charge in [0.1, 0.15) is 5.75 Å². The Labute approximate surface area is 124 Å². The fourth-order valence-electron chi connectivity index (χ4n) is 2.07. The van der Waals surface area contributed by atoms with Crippen molar-refractivity contribution in [1.82, 2.24) is 0 Å². The molecule has 0 aliphatic rings. The maximum Gasteiger partial charge on any atom is 0.195 e. The molecule has 1 atom stereocenters. The maximum atomic E-state index is 13.0. The molecule has 106 valence electrons. The van der Waals surface area contributed by atoms with Gasteiger partial charge in [0.25, 0.3) is 0 Å². The van der Waals surface area contributed by atoms with Gasteiger partial charge in [0.2, 0.25) is 0 Å². The second kappa shape index (κ2) is 6.34. The van der Waals surface area contributed by atoms with E-state index < -0.39 is 7.29 Å². The third kappa shape index (κ3) is 3.17. The van der Waals surface area contributed by atoms with E-state index in [0.29, 0.717) is 17.3 Å². The lowest BCUT2D eigenvalue weighted by molar-refractivity contribution is 0.417. The topological polar surface area (TPSA) is 38.3 Å². The first-order valence-electron chi connectivity index (χ1n) is 6.21. The van der Waals surface area contributed by atoms with Gasteiger partial charge in [-0.2, -0.15) is 0 Å². The van der Waals surface area contributed by atoms with E-state index >= 15 is 0 Å². The third-order valence-corrected chi connectivity index (χ3v) is 5.35. The van der Waals surface area contributed by atoms with Crippen molar-refractivity contribution in [3.05, 3.63) is 54.1 Å². The SMILES string of the molecule is COc1ccccc1NP(C)(=O)c1ccccc1CCl. The highest BCUT2D eigenvalue weighted by molar-refractivity contribution is 7.72. The van der Waals surface area contributed by atoms with Gasteiger partial charge < -0.3 is 9.82 Å². The zero-order valence-corrected chi connectivity index (χ0v) is 13.1. The molecule has 1 N–H and O–H groups in total. The Morgan fingerprint density at radius 3 is 2.50 bits per heavy atom. The molecule has 0 aromatic heterocycles. The van der Waals surface area contributed by atoms with Gasteiger partial charge in [0.05, 0.1) is 12.8 Å². The second-order valence-corrected chi connectivity index (χ2v) is 7.32. The Kier molecular flexibility index (Phi) is 4.74. The number of ether oxygens (including phenoxy) is 1. The lowest BCUT2D eigenvalue weighted by Gasteiger charge is -2.20. The molecule has 5 heteroatoms. The van der Waals surface area contributed by atoms with Crippen LogP contribution in [0.3, 0.4) is 0 Å². The molecule has 0 heterocycles. The lowest BCUT2D eigenvalue weighted by Crippen LogP contribution is -2.15. The highest BCUT2D eigenvalue weighted by Crippen LogP contribution is 2.43. The molecule has 2 rings (SSSR count). The first-order valence-corrected chi connectivity index (χ1v) is 8.90. The molecular formula is C15H17ClNO2P. The van der Waals surface area contributed by atoms with Gasteiger partial charge in [-0.3, -0.25) is 4.57 Å². The molecule has 0 aliphatic heterocycles. The number of methoxy groups -OCH3 is 1. The van der Waals surface area contributed by atoms with Crippen molar-refractivity contribution >= 4 is 29.9 Å². The van der Waals surface area contributed by atoms with Crippen LogP contribution in [-0.2, 0) is 10.4 Å². The first kappa shape index (κ1) is 15.0. The molecule has 0 bridgehead atoms. The number of nitrogens with one attached hydrogen (secondary N) is 1. The number of halogens is 1. The van der Waals surface area contributed by atoms with Crippen LogP contribution in [0.5, 0.6) is 5.75 Å². The fourth-order valence-corrected chi connectivity index (χ4v) is 4.23. The third-order valence-electron chi connectivity index (χ3n) is 3.04. The molecule has 0 spiro atoms. The quantitative estimate of drug-likeness (QED) is 0.668. The van der Waals surface area contributed by atoms with Crippen LogP contribution >= 0.6 is 18.9 Å². The van der Waals surface area contributed by atoms with Gasteiger partial charge in [-0.05, 0) is 23.8 Å². The smallest absolute Gasteiger partial charge is 0.195 e. The molecular weight excluding hydrogens is 293 g/mol. The fraction of sp³-hybridized carbons (Fsp3) is 0.200. The molecule has 0 saturated heterocycles. The average Bonchev–Trinajstić information content (AvgIpc) is 2.47. The summed E-state index contributed by atoms with van der Waals surface area (Å²) in [6.07, 6.45) is 0. The van der Waals surface area contributed by atoms with Crippen LogP contribution in [0, 0.1) is 0 Å². The largest absolute Gasteiger partial charge is 0.495 e. The van der Waals surface area contributed by atoms with Gasteiger partial charge in [-0.15, -0.1) is 11.6 Å². The van der Waals surface area contributed by atoms with Crippen LogP contribution in [0.25, 0.3) is 0 Å². The van der Waals surface area contributed by atoms with Crippen LogP contribution in [-0.4, -0.2) is 13.8 Å². The van der Waals surface area contributed by atoms with Gasteiger partial charge in [0, 0.05) is 17.8 Å². The van der Waals surface area contributed by atoms with Crippen LogP contribution < -0.4 is 15.1 Å². The van der Waals surface area contributed by atoms with Crippen molar-refractivity contribution in [3.8, 4) is 5.75 Å². The summed E-state index contributed by atoms with van der Waals surface area (Å²) in [7, 11) is -1.18. The average molecular weight is 310 g/mol. The molecule has 0 aliphatic carbocycles. The van der Waals surface area contributed by atoms with Crippen molar-refractivity contribution in [2.24, 2.45) is 0 Å². The van der Waals surface area contributed by atoms with Crippen molar-refractivity contribution < 1.29 is 9.30 Å². The number of hydrogen-bond acceptors (Lipinski definition) is 2. The number of benzene rings is 2. The molecule has 1 unspecified atom stereocenters. The zero-order chi connectivity index (χ0) is 14.6. The van der Waals surface area contributed by atoms with Gasteiger partial charge in [0.15, 0.2) is 7.29 Å². The van der Waals surface area contributed by atoms with Crippen molar-refractivity contribution in [2.75, 3.05) is 18.9 Å². The standard InChI is InChI=1S/C15H17ClNO2P/c1-19-14-9-5-4-8-13(14)17-20(2,18)15-10-6-3-7-12(15)11-16/h3-10H,11H2,1-2H3,(H,17,18). The minimum atomic E-state index is -2.78. The number of para-hydroxylation sites is 2. The molecule has 0 saturated carbocycles. The number of hydrogen-bond donors (Lipinski definition) is 1. The Morgan fingerprint density at radius 2 is 1.80 bits per heavy atom. The normalized spacial score (nSPS) is 13.6. The van der Waals surface area contributed by atoms with E-state index in [1.807, 2.05) is 48.5 Å². The van der Waals surface area contributed by atoms with Gasteiger partial charge in [-0.1, -0.05) is 30.3 Å². The predicted molar refractivity (Wildman–Crippen MR) is 85.8 cm³/mol. The number of alkyl halides is 1. The molecule has 2 aromatic carbocycles. The Bertz CT molecular complexity index is 645. The molecule has 0 fully saturated rings. The van der Waals surface area contributed by atoms with E-state index in [1.165, 1.54) is 0 Å². The van der Waals surface area contributed by atoms with Crippen molar-refractivity contribution in [1.29, 1.82) is 0 Å². The van der Waals surface area contributed by atoms with E-state index in [0.717, 1.165) is 10.9 Å². The van der Waals surface area contributed by atoms with Crippen molar-refractivity contribution in [2.45, 2.75) is 5.88 Å². The highest BCUT2D eigenvalue weighted by Gasteiger charge is 2.22.